The van der Waals surface area contributed by atoms with E-state index in [0.717, 1.165) is 19.3 Å². The number of anilines is 1. The summed E-state index contributed by atoms with van der Waals surface area (Å²) < 4.78 is 29.7. The Bertz CT molecular complexity index is 749. The molecular formula is C13H20N4O2S2. The van der Waals surface area contributed by atoms with E-state index < -0.39 is 10.0 Å². The lowest BCUT2D eigenvalue weighted by molar-refractivity contribution is 0.327. The van der Waals surface area contributed by atoms with E-state index in [1.807, 2.05) is 19.2 Å². The van der Waals surface area contributed by atoms with Crippen LogP contribution < -0.4 is 5.32 Å². The molecule has 3 rings (SSSR count). The molecule has 21 heavy (non-hydrogen) atoms. The van der Waals surface area contributed by atoms with E-state index in [1.54, 1.807) is 22.0 Å². The fourth-order valence-electron chi connectivity index (χ4n) is 3.14. The molecule has 1 aliphatic heterocycles. The summed E-state index contributed by atoms with van der Waals surface area (Å²) >= 11 is 1.43. The average molecular weight is 328 g/mol. The fraction of sp³-hybridized carbons (Fsp3) is 0.615. The van der Waals surface area contributed by atoms with Crippen LogP contribution in [0, 0.1) is 0 Å². The van der Waals surface area contributed by atoms with Gasteiger partial charge in [-0.05, 0) is 26.2 Å². The first kappa shape index (κ1) is 14.8. The van der Waals surface area contributed by atoms with Gasteiger partial charge in [0.2, 0.25) is 0 Å². The van der Waals surface area contributed by atoms with Crippen molar-refractivity contribution in [3.63, 3.8) is 0 Å². The van der Waals surface area contributed by atoms with Crippen LogP contribution in [0.5, 0.6) is 0 Å². The van der Waals surface area contributed by atoms with Gasteiger partial charge in [-0.3, -0.25) is 4.40 Å². The Labute approximate surface area is 128 Å². The topological polar surface area (TPSA) is 66.7 Å². The van der Waals surface area contributed by atoms with Crippen LogP contribution in [0.15, 0.2) is 16.6 Å². The number of sulfonamides is 1. The Morgan fingerprint density at radius 2 is 2.24 bits per heavy atom. The zero-order chi connectivity index (χ0) is 15.2. The molecule has 0 radical (unpaired) electrons. The smallest absolute Gasteiger partial charge is 0.263 e. The number of nitrogens with zero attached hydrogens (tertiary/aromatic N) is 3. The number of imidazole rings is 1. The molecule has 8 heteroatoms. The van der Waals surface area contributed by atoms with E-state index in [1.165, 1.54) is 11.3 Å². The van der Waals surface area contributed by atoms with Crippen molar-refractivity contribution in [1.29, 1.82) is 0 Å². The molecule has 0 aromatic carbocycles. The second kappa shape index (κ2) is 5.26. The lowest BCUT2D eigenvalue weighted by atomic mass is 10.2. The minimum atomic E-state index is -3.57. The summed E-state index contributed by atoms with van der Waals surface area (Å²) in [5.41, 5.74) is 0. The Kier molecular flexibility index (Phi) is 3.71. The van der Waals surface area contributed by atoms with Crippen molar-refractivity contribution in [2.45, 2.75) is 50.2 Å². The van der Waals surface area contributed by atoms with E-state index in [0.29, 0.717) is 10.8 Å². The lowest BCUT2D eigenvalue weighted by Crippen LogP contribution is -2.40. The highest BCUT2D eigenvalue weighted by Crippen LogP contribution is 2.35. The van der Waals surface area contributed by atoms with Gasteiger partial charge in [0.05, 0.1) is 0 Å². The summed E-state index contributed by atoms with van der Waals surface area (Å²) in [6.45, 7) is 4.03. The van der Waals surface area contributed by atoms with E-state index in [9.17, 15) is 8.42 Å². The Hall–Kier alpha value is -1.12. The molecule has 6 nitrogen and oxygen atoms in total. The summed E-state index contributed by atoms with van der Waals surface area (Å²) in [5, 5.41) is 5.03. The summed E-state index contributed by atoms with van der Waals surface area (Å²) in [7, 11) is -1.86. The van der Waals surface area contributed by atoms with Crippen molar-refractivity contribution in [2.24, 2.45) is 0 Å². The van der Waals surface area contributed by atoms with Gasteiger partial charge in [-0.15, -0.1) is 11.3 Å². The van der Waals surface area contributed by atoms with Crippen molar-refractivity contribution in [3.05, 3.63) is 11.6 Å². The highest BCUT2D eigenvalue weighted by Gasteiger charge is 2.42. The molecule has 2 aromatic heterocycles. The van der Waals surface area contributed by atoms with Crippen molar-refractivity contribution in [2.75, 3.05) is 12.4 Å². The first-order chi connectivity index (χ1) is 10.0. The SMILES string of the molecule is CCC1CCC(C)N1S(=O)(=O)c1c(NC)nc2sccn12. The number of hydrogen-bond acceptors (Lipinski definition) is 5. The fourth-order valence-corrected chi connectivity index (χ4v) is 6.12. The van der Waals surface area contributed by atoms with Crippen LogP contribution in [0.2, 0.25) is 0 Å². The van der Waals surface area contributed by atoms with Crippen molar-refractivity contribution in [3.8, 4) is 0 Å². The van der Waals surface area contributed by atoms with E-state index in [-0.39, 0.29) is 17.1 Å². The number of fused-ring (bicyclic) bond motifs is 1. The molecule has 116 valence electrons. The van der Waals surface area contributed by atoms with Gasteiger partial charge in [0.1, 0.15) is 0 Å². The van der Waals surface area contributed by atoms with Crippen LogP contribution in [-0.4, -0.2) is 41.2 Å². The van der Waals surface area contributed by atoms with Crippen LogP contribution in [0.25, 0.3) is 4.96 Å². The largest absolute Gasteiger partial charge is 0.371 e. The number of aromatic nitrogens is 2. The first-order valence-corrected chi connectivity index (χ1v) is 9.49. The third-order valence-corrected chi connectivity index (χ3v) is 7.01. The van der Waals surface area contributed by atoms with Gasteiger partial charge in [-0.25, -0.2) is 13.4 Å². The summed E-state index contributed by atoms with van der Waals surface area (Å²) in [4.78, 5) is 5.06. The minimum absolute atomic E-state index is 0.0360. The Balaban J connectivity index is 2.18. The zero-order valence-corrected chi connectivity index (χ0v) is 14.0. The van der Waals surface area contributed by atoms with Crippen LogP contribution in [0.1, 0.15) is 33.1 Å². The number of nitrogens with one attached hydrogen (secondary N) is 1. The molecular weight excluding hydrogens is 308 g/mol. The van der Waals surface area contributed by atoms with Crippen LogP contribution in [0.3, 0.4) is 0 Å². The average Bonchev–Trinajstić information content (AvgIpc) is 3.10. The number of rotatable bonds is 4. The summed E-state index contributed by atoms with van der Waals surface area (Å²) in [5.74, 6) is 0.427. The van der Waals surface area contributed by atoms with Crippen LogP contribution in [-0.2, 0) is 10.0 Å². The predicted octanol–water partition coefficient (Wildman–Crippen LogP) is 2.39. The molecule has 2 atom stereocenters. The Morgan fingerprint density at radius 1 is 1.48 bits per heavy atom. The maximum atomic E-state index is 13.2. The number of hydrogen-bond donors (Lipinski definition) is 1. The second-order valence-electron chi connectivity index (χ2n) is 5.39. The molecule has 0 spiro atoms. The van der Waals surface area contributed by atoms with Crippen molar-refractivity contribution < 1.29 is 8.42 Å². The lowest BCUT2D eigenvalue weighted by Gasteiger charge is -2.26. The summed E-state index contributed by atoms with van der Waals surface area (Å²) in [6.07, 6.45) is 4.45. The molecule has 1 saturated heterocycles. The van der Waals surface area contributed by atoms with Crippen LogP contribution >= 0.6 is 11.3 Å². The monoisotopic (exact) mass is 328 g/mol. The molecule has 2 unspecified atom stereocenters. The second-order valence-corrected chi connectivity index (χ2v) is 8.03. The van der Waals surface area contributed by atoms with Gasteiger partial charge in [0, 0.05) is 30.7 Å². The minimum Gasteiger partial charge on any atom is -0.371 e. The molecule has 1 aliphatic rings. The molecule has 3 heterocycles. The normalized spacial score (nSPS) is 24.0. The van der Waals surface area contributed by atoms with E-state index >= 15 is 0 Å². The molecule has 1 fully saturated rings. The van der Waals surface area contributed by atoms with E-state index in [2.05, 4.69) is 10.3 Å². The van der Waals surface area contributed by atoms with Crippen molar-refractivity contribution >= 4 is 32.1 Å². The van der Waals surface area contributed by atoms with Gasteiger partial charge >= 0.3 is 0 Å². The van der Waals surface area contributed by atoms with Crippen molar-refractivity contribution in [1.82, 2.24) is 13.7 Å². The Morgan fingerprint density at radius 3 is 2.90 bits per heavy atom. The first-order valence-electron chi connectivity index (χ1n) is 7.17. The highest BCUT2D eigenvalue weighted by molar-refractivity contribution is 7.89. The molecule has 0 aliphatic carbocycles. The third-order valence-electron chi connectivity index (χ3n) is 4.16. The maximum absolute atomic E-state index is 13.2. The highest BCUT2D eigenvalue weighted by atomic mass is 32.2. The van der Waals surface area contributed by atoms with Gasteiger partial charge < -0.3 is 5.32 Å². The van der Waals surface area contributed by atoms with Gasteiger partial charge in [0.25, 0.3) is 10.0 Å². The number of thiazole rings is 1. The van der Waals surface area contributed by atoms with Crippen LogP contribution in [0.4, 0.5) is 5.82 Å². The van der Waals surface area contributed by atoms with Gasteiger partial charge in [-0.1, -0.05) is 6.92 Å². The molecule has 0 amide bonds. The third kappa shape index (κ3) is 2.16. The summed E-state index contributed by atoms with van der Waals surface area (Å²) in [6, 6.07) is 0.118. The maximum Gasteiger partial charge on any atom is 0.263 e. The molecule has 2 aromatic rings. The van der Waals surface area contributed by atoms with E-state index in [4.69, 9.17) is 0 Å². The molecule has 0 bridgehead atoms. The van der Waals surface area contributed by atoms with Gasteiger partial charge in [-0.2, -0.15) is 4.31 Å². The molecule has 1 N–H and O–H groups in total. The quantitative estimate of drug-likeness (QED) is 0.936. The standard InChI is InChI=1S/C13H20N4O2S2/c1-4-10-6-5-9(2)17(10)21(18,19)12-11(14-3)15-13-16(12)7-8-20-13/h7-10,14H,4-6H2,1-3H3. The predicted molar refractivity (Wildman–Crippen MR) is 84.4 cm³/mol. The molecule has 0 saturated carbocycles. The zero-order valence-electron chi connectivity index (χ0n) is 12.4. The van der Waals surface area contributed by atoms with Gasteiger partial charge in [0.15, 0.2) is 15.8 Å².